The first-order valence-corrected chi connectivity index (χ1v) is 8.54. The van der Waals surface area contributed by atoms with E-state index < -0.39 is 11.9 Å². The molecule has 0 aliphatic carbocycles. The van der Waals surface area contributed by atoms with Gasteiger partial charge in [-0.05, 0) is 38.0 Å². The second-order valence-corrected chi connectivity index (χ2v) is 6.24. The molecule has 0 saturated carbocycles. The first kappa shape index (κ1) is 18.7. The molecule has 27 heavy (non-hydrogen) atoms. The molecule has 0 atom stereocenters. The molecule has 0 radical (unpaired) electrons. The molecule has 9 nitrogen and oxygen atoms in total. The standard InChI is InChI=1S/C17H17ClN6O3/c1-10-13(11(2)24-17(22-10)20-9-21-24)4-6-16(26)27-8-15(25)23-14-5-3-12(18)7-19-14/h3,5,7,9H,4,6,8H2,1-2H3,(H,19,23,25). The Balaban J connectivity index is 1.51. The summed E-state index contributed by atoms with van der Waals surface area (Å²) in [6, 6.07) is 3.15. The van der Waals surface area contributed by atoms with Crippen molar-refractivity contribution in [3.05, 3.63) is 46.6 Å². The van der Waals surface area contributed by atoms with E-state index >= 15 is 0 Å². The van der Waals surface area contributed by atoms with Crippen LogP contribution in [-0.2, 0) is 20.7 Å². The van der Waals surface area contributed by atoms with Crippen LogP contribution in [0, 0.1) is 13.8 Å². The maximum atomic E-state index is 12.0. The van der Waals surface area contributed by atoms with Crippen molar-refractivity contribution in [3.63, 3.8) is 0 Å². The van der Waals surface area contributed by atoms with Crippen molar-refractivity contribution in [2.45, 2.75) is 26.7 Å². The maximum absolute atomic E-state index is 12.0. The number of amides is 1. The lowest BCUT2D eigenvalue weighted by Crippen LogP contribution is -2.21. The number of nitrogens with zero attached hydrogens (tertiary/aromatic N) is 5. The van der Waals surface area contributed by atoms with Gasteiger partial charge in [-0.1, -0.05) is 11.6 Å². The number of nitrogens with one attached hydrogen (secondary N) is 1. The molecule has 3 aromatic rings. The van der Waals surface area contributed by atoms with Crippen LogP contribution < -0.4 is 5.32 Å². The third kappa shape index (κ3) is 4.56. The summed E-state index contributed by atoms with van der Waals surface area (Å²) in [7, 11) is 0. The van der Waals surface area contributed by atoms with Crippen molar-refractivity contribution in [3.8, 4) is 0 Å². The molecule has 3 rings (SSSR count). The summed E-state index contributed by atoms with van der Waals surface area (Å²) < 4.78 is 6.64. The molecule has 140 valence electrons. The first-order chi connectivity index (χ1) is 12.9. The molecule has 0 unspecified atom stereocenters. The third-order valence-electron chi connectivity index (χ3n) is 3.93. The number of aryl methyl sites for hydroxylation is 2. The van der Waals surface area contributed by atoms with E-state index in [0.717, 1.165) is 17.0 Å². The van der Waals surface area contributed by atoms with Crippen molar-refractivity contribution < 1.29 is 14.3 Å². The zero-order valence-corrected chi connectivity index (χ0v) is 15.5. The van der Waals surface area contributed by atoms with E-state index in [-0.39, 0.29) is 13.0 Å². The lowest BCUT2D eigenvalue weighted by Gasteiger charge is -2.10. The molecule has 0 aromatic carbocycles. The highest BCUT2D eigenvalue weighted by Gasteiger charge is 2.14. The molecular weight excluding hydrogens is 372 g/mol. The van der Waals surface area contributed by atoms with Gasteiger partial charge in [-0.15, -0.1) is 0 Å². The molecule has 0 fully saturated rings. The van der Waals surface area contributed by atoms with Gasteiger partial charge in [0.05, 0.1) is 5.02 Å². The number of pyridine rings is 1. The highest BCUT2D eigenvalue weighted by Crippen LogP contribution is 2.15. The summed E-state index contributed by atoms with van der Waals surface area (Å²) in [4.78, 5) is 36.1. The van der Waals surface area contributed by atoms with Gasteiger partial charge in [-0.3, -0.25) is 9.59 Å². The lowest BCUT2D eigenvalue weighted by molar-refractivity contribution is -0.147. The number of fused-ring (bicyclic) bond motifs is 1. The van der Waals surface area contributed by atoms with Gasteiger partial charge < -0.3 is 10.1 Å². The van der Waals surface area contributed by atoms with Crippen LogP contribution in [0.2, 0.25) is 5.02 Å². The summed E-state index contributed by atoms with van der Waals surface area (Å²) in [5.74, 6) is -0.106. The van der Waals surface area contributed by atoms with Crippen LogP contribution in [-0.4, -0.2) is 43.0 Å². The highest BCUT2D eigenvalue weighted by molar-refractivity contribution is 6.30. The van der Waals surface area contributed by atoms with Gasteiger partial charge in [0.15, 0.2) is 6.61 Å². The fourth-order valence-electron chi connectivity index (χ4n) is 2.59. The Bertz CT molecular complexity index is 986. The second-order valence-electron chi connectivity index (χ2n) is 5.80. The Morgan fingerprint density at radius 2 is 2.07 bits per heavy atom. The van der Waals surface area contributed by atoms with Gasteiger partial charge in [0, 0.05) is 24.0 Å². The molecule has 0 aliphatic rings. The monoisotopic (exact) mass is 388 g/mol. The number of halogens is 1. The summed E-state index contributed by atoms with van der Waals surface area (Å²) in [6.45, 7) is 3.36. The van der Waals surface area contributed by atoms with Crippen LogP contribution in [0.15, 0.2) is 24.7 Å². The molecule has 1 amide bonds. The van der Waals surface area contributed by atoms with Gasteiger partial charge in [0.2, 0.25) is 0 Å². The van der Waals surface area contributed by atoms with Gasteiger partial charge in [0.1, 0.15) is 12.1 Å². The number of anilines is 1. The van der Waals surface area contributed by atoms with Crippen LogP contribution in [0.4, 0.5) is 5.82 Å². The molecule has 0 aliphatic heterocycles. The molecule has 0 saturated heterocycles. The smallest absolute Gasteiger partial charge is 0.306 e. The largest absolute Gasteiger partial charge is 0.456 e. The molecule has 3 aromatic heterocycles. The molecule has 0 spiro atoms. The number of rotatable bonds is 6. The van der Waals surface area contributed by atoms with E-state index in [1.165, 1.54) is 12.5 Å². The number of hydrogen-bond donors (Lipinski definition) is 1. The van der Waals surface area contributed by atoms with Gasteiger partial charge in [-0.2, -0.15) is 10.1 Å². The Hall–Kier alpha value is -3.07. The number of aromatic nitrogens is 5. The van der Waals surface area contributed by atoms with E-state index in [9.17, 15) is 9.59 Å². The first-order valence-electron chi connectivity index (χ1n) is 8.17. The van der Waals surface area contributed by atoms with E-state index in [2.05, 4.69) is 25.4 Å². The summed E-state index contributed by atoms with van der Waals surface area (Å²) in [5, 5.41) is 7.09. The molecule has 0 bridgehead atoms. The average Bonchev–Trinajstić information content (AvgIpc) is 3.10. The summed E-state index contributed by atoms with van der Waals surface area (Å²) in [6.07, 6.45) is 3.39. The van der Waals surface area contributed by atoms with Crippen molar-refractivity contribution in [2.75, 3.05) is 11.9 Å². The predicted molar refractivity (Wildman–Crippen MR) is 97.4 cm³/mol. The zero-order chi connectivity index (χ0) is 19.4. The third-order valence-corrected chi connectivity index (χ3v) is 4.15. The van der Waals surface area contributed by atoms with Crippen molar-refractivity contribution >= 4 is 35.1 Å². The average molecular weight is 389 g/mol. The van der Waals surface area contributed by atoms with Crippen molar-refractivity contribution in [1.29, 1.82) is 0 Å². The quantitative estimate of drug-likeness (QED) is 0.642. The summed E-state index contributed by atoms with van der Waals surface area (Å²) in [5.41, 5.74) is 2.56. The van der Waals surface area contributed by atoms with Crippen LogP contribution in [0.1, 0.15) is 23.4 Å². The number of carbonyl (C=O) groups is 2. The fourth-order valence-corrected chi connectivity index (χ4v) is 2.70. The van der Waals surface area contributed by atoms with Gasteiger partial charge >= 0.3 is 5.97 Å². The van der Waals surface area contributed by atoms with E-state index in [4.69, 9.17) is 16.3 Å². The highest BCUT2D eigenvalue weighted by atomic mass is 35.5. The topological polar surface area (TPSA) is 111 Å². The molecule has 3 heterocycles. The number of hydrogen-bond acceptors (Lipinski definition) is 7. The Morgan fingerprint density at radius 3 is 2.81 bits per heavy atom. The minimum atomic E-state index is -0.480. The Labute approximate surface area is 159 Å². The maximum Gasteiger partial charge on any atom is 0.306 e. The van der Waals surface area contributed by atoms with Crippen LogP contribution in [0.3, 0.4) is 0 Å². The Morgan fingerprint density at radius 1 is 1.26 bits per heavy atom. The SMILES string of the molecule is Cc1nc2ncnn2c(C)c1CCC(=O)OCC(=O)Nc1ccc(Cl)cn1. The van der Waals surface area contributed by atoms with Gasteiger partial charge in [0.25, 0.3) is 11.7 Å². The van der Waals surface area contributed by atoms with Crippen molar-refractivity contribution in [2.24, 2.45) is 0 Å². The molecule has 1 N–H and O–H groups in total. The normalized spacial score (nSPS) is 10.8. The lowest BCUT2D eigenvalue weighted by atomic mass is 10.1. The second kappa shape index (κ2) is 8.09. The number of carbonyl (C=O) groups excluding carboxylic acids is 2. The minimum absolute atomic E-state index is 0.121. The Kier molecular flexibility index (Phi) is 5.60. The van der Waals surface area contributed by atoms with Gasteiger partial charge in [-0.25, -0.2) is 14.5 Å². The molecular formula is C17H17ClN6O3. The van der Waals surface area contributed by atoms with Crippen LogP contribution >= 0.6 is 11.6 Å². The molecule has 10 heteroatoms. The van der Waals surface area contributed by atoms with Crippen LogP contribution in [0.25, 0.3) is 5.78 Å². The van der Waals surface area contributed by atoms with E-state index in [1.54, 1.807) is 16.6 Å². The predicted octanol–water partition coefficient (Wildman–Crippen LogP) is 1.90. The van der Waals surface area contributed by atoms with E-state index in [0.29, 0.717) is 23.0 Å². The van der Waals surface area contributed by atoms with Crippen molar-refractivity contribution in [1.82, 2.24) is 24.6 Å². The fraction of sp³-hybridized carbons (Fsp3) is 0.294. The zero-order valence-electron chi connectivity index (χ0n) is 14.8. The van der Waals surface area contributed by atoms with Crippen LogP contribution in [0.5, 0.6) is 0 Å². The minimum Gasteiger partial charge on any atom is -0.456 e. The summed E-state index contributed by atoms with van der Waals surface area (Å²) >= 11 is 5.73. The van der Waals surface area contributed by atoms with E-state index in [1.807, 2.05) is 13.8 Å². The number of esters is 1. The number of ether oxygens (including phenoxy) is 1.